The van der Waals surface area contributed by atoms with Crippen molar-refractivity contribution in [2.75, 3.05) is 55.4 Å². The van der Waals surface area contributed by atoms with Gasteiger partial charge in [0.25, 0.3) is 0 Å². The van der Waals surface area contributed by atoms with Crippen LogP contribution in [0.5, 0.6) is 0 Å². The van der Waals surface area contributed by atoms with E-state index in [4.69, 9.17) is 20.1 Å². The Labute approximate surface area is 187 Å². The number of rotatable bonds is 7. The molecule has 0 radical (unpaired) electrons. The molecular weight excluding hydrogens is 388 g/mol. The molecule has 1 aliphatic rings. The summed E-state index contributed by atoms with van der Waals surface area (Å²) in [6.45, 7) is 11.7. The largest absolute Gasteiger partial charge is 0.382 e. The first-order valence-electron chi connectivity index (χ1n) is 10.7. The van der Waals surface area contributed by atoms with Crippen LogP contribution in [0.25, 0.3) is 11.4 Å². The Bertz CT molecular complexity index is 859. The summed E-state index contributed by atoms with van der Waals surface area (Å²) in [6.07, 6.45) is 3.65. The standard InChI is InChI=1S/C21H28N6O.C2H6.CH4/c1-4-7-17(22)15-8-6-9-16(14-15)19-25-20(24-5-2)18(23-3)21(26-19)27-10-12-28-13-11-27;1-2;/h4,6-9,14,22-23H,5,10-13H2,1-3H3,(H,24,25,26);1-2H3;1H4/b7-4-,22-17?;;. The van der Waals surface area contributed by atoms with Gasteiger partial charge in [0.1, 0.15) is 5.69 Å². The Morgan fingerprint density at radius 1 is 1.23 bits per heavy atom. The van der Waals surface area contributed by atoms with Crippen molar-refractivity contribution in [1.29, 1.82) is 5.41 Å². The van der Waals surface area contributed by atoms with E-state index in [-0.39, 0.29) is 7.43 Å². The van der Waals surface area contributed by atoms with Gasteiger partial charge in [0, 0.05) is 37.8 Å². The summed E-state index contributed by atoms with van der Waals surface area (Å²) in [6, 6.07) is 7.83. The number of anilines is 3. The quantitative estimate of drug-likeness (QED) is 0.537. The van der Waals surface area contributed by atoms with E-state index in [1.54, 1.807) is 6.08 Å². The van der Waals surface area contributed by atoms with Crippen molar-refractivity contribution in [3.8, 4) is 11.4 Å². The lowest BCUT2D eigenvalue weighted by atomic mass is 10.1. The summed E-state index contributed by atoms with van der Waals surface area (Å²) in [5.41, 5.74) is 3.10. The zero-order valence-electron chi connectivity index (χ0n) is 18.7. The summed E-state index contributed by atoms with van der Waals surface area (Å²) in [5, 5.41) is 14.8. The Kier molecular flexibility index (Phi) is 11.3. The molecule has 1 aromatic carbocycles. The highest BCUT2D eigenvalue weighted by molar-refractivity contribution is 6.07. The molecule has 3 N–H and O–H groups in total. The molecule has 0 amide bonds. The molecule has 0 aliphatic carbocycles. The molecule has 1 aromatic heterocycles. The molecule has 31 heavy (non-hydrogen) atoms. The molecule has 0 spiro atoms. The number of hydrogen-bond acceptors (Lipinski definition) is 7. The first kappa shape index (κ1) is 26.1. The van der Waals surface area contributed by atoms with Crippen molar-refractivity contribution in [3.05, 3.63) is 42.0 Å². The molecule has 0 unspecified atom stereocenters. The van der Waals surface area contributed by atoms with Crippen molar-refractivity contribution in [2.45, 2.75) is 35.1 Å². The summed E-state index contributed by atoms with van der Waals surface area (Å²) in [7, 11) is 1.89. The third kappa shape index (κ3) is 6.52. The van der Waals surface area contributed by atoms with Gasteiger partial charge in [-0.1, -0.05) is 45.5 Å². The van der Waals surface area contributed by atoms with Gasteiger partial charge in [0.15, 0.2) is 17.5 Å². The number of ether oxygens (including phenoxy) is 1. The number of benzene rings is 1. The maximum atomic E-state index is 8.19. The van der Waals surface area contributed by atoms with E-state index in [9.17, 15) is 0 Å². The maximum absolute atomic E-state index is 8.19. The van der Waals surface area contributed by atoms with Crippen LogP contribution >= 0.6 is 0 Å². The second-order valence-corrected chi connectivity index (χ2v) is 6.47. The predicted octanol–water partition coefficient (Wildman–Crippen LogP) is 5.06. The van der Waals surface area contributed by atoms with Crippen LogP contribution in [0.15, 0.2) is 36.4 Å². The van der Waals surface area contributed by atoms with Crippen LogP contribution in [0, 0.1) is 5.41 Å². The molecule has 0 bridgehead atoms. The van der Waals surface area contributed by atoms with Crippen LogP contribution in [-0.2, 0) is 4.74 Å². The van der Waals surface area contributed by atoms with Crippen molar-refractivity contribution in [2.24, 2.45) is 0 Å². The van der Waals surface area contributed by atoms with Crippen LogP contribution in [0.3, 0.4) is 0 Å². The number of aromatic nitrogens is 2. The highest BCUT2D eigenvalue weighted by Crippen LogP contribution is 2.33. The number of morpholine rings is 1. The van der Waals surface area contributed by atoms with Crippen molar-refractivity contribution in [3.63, 3.8) is 0 Å². The molecule has 1 aliphatic heterocycles. The summed E-state index contributed by atoms with van der Waals surface area (Å²) < 4.78 is 5.50. The van der Waals surface area contributed by atoms with Crippen molar-refractivity contribution >= 4 is 23.0 Å². The summed E-state index contributed by atoms with van der Waals surface area (Å²) in [5.74, 6) is 2.30. The third-order valence-corrected chi connectivity index (χ3v) is 4.56. The van der Waals surface area contributed by atoms with E-state index in [2.05, 4.69) is 22.5 Å². The SMILES string of the molecule is C.C/C=C\C(=N)c1cccc(-c2nc(NCC)c(NC)c(N3CCOCC3)n2)c1.CC. The average molecular weight is 427 g/mol. The molecule has 0 atom stereocenters. The average Bonchev–Trinajstić information content (AvgIpc) is 2.81. The van der Waals surface area contributed by atoms with Gasteiger partial charge in [-0.2, -0.15) is 0 Å². The zero-order chi connectivity index (χ0) is 21.9. The molecule has 0 saturated carbocycles. The molecule has 7 heteroatoms. The highest BCUT2D eigenvalue weighted by atomic mass is 16.5. The van der Waals surface area contributed by atoms with Gasteiger partial charge in [-0.15, -0.1) is 0 Å². The predicted molar refractivity (Wildman–Crippen MR) is 134 cm³/mol. The molecule has 1 fully saturated rings. The molecule has 170 valence electrons. The number of allylic oxidation sites excluding steroid dienone is 2. The smallest absolute Gasteiger partial charge is 0.164 e. The minimum Gasteiger partial charge on any atom is -0.382 e. The zero-order valence-corrected chi connectivity index (χ0v) is 18.7. The van der Waals surface area contributed by atoms with Crippen LogP contribution in [0.4, 0.5) is 17.3 Å². The lowest BCUT2D eigenvalue weighted by Crippen LogP contribution is -2.37. The lowest BCUT2D eigenvalue weighted by Gasteiger charge is -2.30. The minimum absolute atomic E-state index is 0. The van der Waals surface area contributed by atoms with E-state index in [0.717, 1.165) is 48.1 Å². The van der Waals surface area contributed by atoms with Gasteiger partial charge >= 0.3 is 0 Å². The van der Waals surface area contributed by atoms with Gasteiger partial charge in [-0.25, -0.2) is 9.97 Å². The van der Waals surface area contributed by atoms with Gasteiger partial charge in [0.05, 0.1) is 18.9 Å². The number of nitrogens with zero attached hydrogens (tertiary/aromatic N) is 3. The Balaban J connectivity index is 0.00000156. The molecule has 7 nitrogen and oxygen atoms in total. The first-order chi connectivity index (χ1) is 14.7. The molecule has 2 aromatic rings. The van der Waals surface area contributed by atoms with Gasteiger partial charge in [-0.3, -0.25) is 0 Å². The third-order valence-electron chi connectivity index (χ3n) is 4.56. The van der Waals surface area contributed by atoms with Gasteiger partial charge in [0.2, 0.25) is 0 Å². The minimum atomic E-state index is 0. The monoisotopic (exact) mass is 426 g/mol. The maximum Gasteiger partial charge on any atom is 0.164 e. The van der Waals surface area contributed by atoms with Crippen LogP contribution < -0.4 is 15.5 Å². The summed E-state index contributed by atoms with van der Waals surface area (Å²) in [4.78, 5) is 11.9. The first-order valence-corrected chi connectivity index (χ1v) is 10.7. The Morgan fingerprint density at radius 3 is 2.55 bits per heavy atom. The molecule has 2 heterocycles. The van der Waals surface area contributed by atoms with Crippen LogP contribution in [0.1, 0.15) is 40.7 Å². The van der Waals surface area contributed by atoms with Crippen LogP contribution in [0.2, 0.25) is 0 Å². The fraction of sp³-hybridized carbons (Fsp3) is 0.458. The van der Waals surface area contributed by atoms with E-state index >= 15 is 0 Å². The van der Waals surface area contributed by atoms with E-state index < -0.39 is 0 Å². The molecule has 1 saturated heterocycles. The fourth-order valence-electron chi connectivity index (χ4n) is 3.20. The van der Waals surface area contributed by atoms with Gasteiger partial charge < -0.3 is 25.7 Å². The number of nitrogens with one attached hydrogen (secondary N) is 3. The topological polar surface area (TPSA) is 86.2 Å². The van der Waals surface area contributed by atoms with Crippen molar-refractivity contribution in [1.82, 2.24) is 9.97 Å². The molecule has 3 rings (SSSR count). The van der Waals surface area contributed by atoms with E-state index in [1.807, 2.05) is 58.2 Å². The van der Waals surface area contributed by atoms with Crippen LogP contribution in [-0.4, -0.2) is 55.6 Å². The van der Waals surface area contributed by atoms with Crippen molar-refractivity contribution < 1.29 is 4.74 Å². The fourth-order valence-corrected chi connectivity index (χ4v) is 3.20. The molecular formula is C24H38N6O. The lowest BCUT2D eigenvalue weighted by molar-refractivity contribution is 0.122. The Hall–Kier alpha value is -2.93. The summed E-state index contributed by atoms with van der Waals surface area (Å²) >= 11 is 0. The highest BCUT2D eigenvalue weighted by Gasteiger charge is 2.21. The second kappa shape index (κ2) is 13.4. The normalized spacial score (nSPS) is 13.1. The second-order valence-electron chi connectivity index (χ2n) is 6.47. The van der Waals surface area contributed by atoms with E-state index in [0.29, 0.717) is 24.7 Å². The van der Waals surface area contributed by atoms with E-state index in [1.165, 1.54) is 0 Å². The van der Waals surface area contributed by atoms with Gasteiger partial charge in [-0.05, 0) is 26.0 Å². The Morgan fingerprint density at radius 2 is 1.94 bits per heavy atom. The number of hydrogen-bond donors (Lipinski definition) is 3.